The largest absolute Gasteiger partial charge is 0.493 e. The summed E-state index contributed by atoms with van der Waals surface area (Å²) in [7, 11) is -1.96. The van der Waals surface area contributed by atoms with Crippen molar-refractivity contribution in [1.82, 2.24) is 0 Å². The number of carboxylic acids is 1. The molecule has 0 aromatic heterocycles. The summed E-state index contributed by atoms with van der Waals surface area (Å²) < 4.78 is 22.3. The minimum atomic E-state index is -1.96. The number of hydrogen-bond acceptors (Lipinski definition) is 6. The van der Waals surface area contributed by atoms with Crippen molar-refractivity contribution in [3.05, 3.63) is 119 Å². The first kappa shape index (κ1) is 31.5. The second-order valence-corrected chi connectivity index (χ2v) is 12.2. The fourth-order valence-electron chi connectivity index (χ4n) is 4.64. The van der Waals surface area contributed by atoms with E-state index in [1.807, 2.05) is 36.4 Å². The van der Waals surface area contributed by atoms with Crippen molar-refractivity contribution in [1.29, 1.82) is 0 Å². The molecule has 0 aliphatic heterocycles. The van der Waals surface area contributed by atoms with Gasteiger partial charge in [0, 0.05) is 22.7 Å². The minimum absolute atomic E-state index is 0.244. The van der Waals surface area contributed by atoms with Crippen LogP contribution in [-0.2, 0) is 23.4 Å². The number of anilines is 2. The predicted octanol–water partition coefficient (Wildman–Crippen LogP) is 6.51. The van der Waals surface area contributed by atoms with Crippen LogP contribution < -0.4 is 15.4 Å². The van der Waals surface area contributed by atoms with Gasteiger partial charge in [0.2, 0.25) is 0 Å². The van der Waals surface area contributed by atoms with Gasteiger partial charge in [0.15, 0.2) is 0 Å². The number of carboxylic acid groups (broad SMARTS) is 1. The van der Waals surface area contributed by atoms with Gasteiger partial charge in [-0.2, -0.15) is 0 Å². The highest BCUT2D eigenvalue weighted by Gasteiger charge is 2.23. The number of ether oxygens (including phenoxy) is 1. The van der Waals surface area contributed by atoms with Crippen molar-refractivity contribution in [3.63, 3.8) is 0 Å². The molecule has 232 valence electrons. The highest BCUT2D eigenvalue weighted by Crippen LogP contribution is 2.31. The Hall–Kier alpha value is -4.96. The van der Waals surface area contributed by atoms with E-state index in [0.29, 0.717) is 46.7 Å². The minimum Gasteiger partial charge on any atom is -0.493 e. The number of aryl methyl sites for hydroxylation is 2. The Morgan fingerprint density at radius 2 is 1.53 bits per heavy atom. The highest BCUT2D eigenvalue weighted by molar-refractivity contribution is 7.75. The predicted molar refractivity (Wildman–Crippen MR) is 175 cm³/mol. The number of hydrogen-bond donors (Lipinski definition) is 4. The maximum absolute atomic E-state index is 13.5. The fourth-order valence-corrected chi connectivity index (χ4v) is 5.52. The molecular formula is C35H35N3O6S. The Bertz CT molecular complexity index is 1780. The maximum Gasteiger partial charge on any atom is 0.335 e. The zero-order valence-corrected chi connectivity index (χ0v) is 25.8. The summed E-state index contributed by atoms with van der Waals surface area (Å²) in [6.07, 6.45) is 3.75. The summed E-state index contributed by atoms with van der Waals surface area (Å²) in [6.45, 7) is 2.79. The van der Waals surface area contributed by atoms with Crippen LogP contribution in [0.4, 0.5) is 11.4 Å². The molecule has 1 fully saturated rings. The molecule has 5 rings (SSSR count). The molecule has 1 aliphatic carbocycles. The van der Waals surface area contributed by atoms with E-state index in [1.54, 1.807) is 61.5 Å². The molecule has 45 heavy (non-hydrogen) atoms. The lowest BCUT2D eigenvalue weighted by Crippen LogP contribution is -2.18. The van der Waals surface area contributed by atoms with Gasteiger partial charge in [0.25, 0.3) is 11.8 Å². The van der Waals surface area contributed by atoms with Crippen LogP contribution >= 0.6 is 0 Å². The number of benzene rings is 4. The molecule has 0 radical (unpaired) electrons. The zero-order valence-electron chi connectivity index (χ0n) is 24.9. The van der Waals surface area contributed by atoms with E-state index in [4.69, 9.17) is 9.84 Å². The van der Waals surface area contributed by atoms with E-state index in [-0.39, 0.29) is 11.1 Å². The average Bonchev–Trinajstić information content (AvgIpc) is 3.89. The standard InChI is InChI=1S/C35H35N3O6S/c1-2-36-45(43)30-5-3-4-27(20-30)33(39)38-32-19-18-29(44-22-25-8-9-25)21-31(32)34(40)37-28-16-12-24(13-17-28)7-6-23-10-14-26(15-11-23)35(41)42/h3-5,10-21,25,45H,2,6-9,22H2,1H3,(H,37,40)(H,38,39)(H,41,42). The van der Waals surface area contributed by atoms with Gasteiger partial charge in [0.1, 0.15) is 5.75 Å². The molecule has 0 saturated heterocycles. The van der Waals surface area contributed by atoms with E-state index < -0.39 is 28.4 Å². The van der Waals surface area contributed by atoms with Crippen LogP contribution in [0.25, 0.3) is 0 Å². The van der Waals surface area contributed by atoms with Crippen LogP contribution in [0.1, 0.15) is 62.0 Å². The van der Waals surface area contributed by atoms with E-state index in [2.05, 4.69) is 15.0 Å². The number of aromatic carboxylic acids is 1. The van der Waals surface area contributed by atoms with Crippen LogP contribution in [0, 0.1) is 5.92 Å². The Morgan fingerprint density at radius 1 is 0.844 bits per heavy atom. The summed E-state index contributed by atoms with van der Waals surface area (Å²) >= 11 is 0. The molecule has 1 atom stereocenters. The number of carbonyl (C=O) groups excluding carboxylic acids is 2. The zero-order chi connectivity index (χ0) is 31.8. The lowest BCUT2D eigenvalue weighted by atomic mass is 10.0. The third kappa shape index (κ3) is 8.79. The van der Waals surface area contributed by atoms with Crippen LogP contribution in [-0.4, -0.2) is 40.3 Å². The molecule has 3 N–H and O–H groups in total. The normalized spacial score (nSPS) is 13.2. The van der Waals surface area contributed by atoms with Gasteiger partial charge in [-0.1, -0.05) is 30.3 Å². The van der Waals surface area contributed by atoms with Gasteiger partial charge in [-0.15, -0.1) is 0 Å². The van der Waals surface area contributed by atoms with Gasteiger partial charge in [-0.3, -0.25) is 9.59 Å². The molecule has 2 amide bonds. The lowest BCUT2D eigenvalue weighted by molar-refractivity contribution is 0.0696. The van der Waals surface area contributed by atoms with Crippen molar-refractivity contribution in [2.24, 2.45) is 10.3 Å². The quantitative estimate of drug-likeness (QED) is 0.125. The molecule has 4 aromatic carbocycles. The lowest BCUT2D eigenvalue weighted by Gasteiger charge is -2.14. The summed E-state index contributed by atoms with van der Waals surface area (Å²) in [5, 5.41) is 14.8. The van der Waals surface area contributed by atoms with Gasteiger partial charge in [0.05, 0.1) is 34.0 Å². The van der Waals surface area contributed by atoms with E-state index in [1.165, 1.54) is 0 Å². The van der Waals surface area contributed by atoms with Crippen molar-refractivity contribution in [2.45, 2.75) is 37.5 Å². The second-order valence-electron chi connectivity index (χ2n) is 10.8. The Morgan fingerprint density at radius 3 is 2.18 bits per heavy atom. The SMILES string of the molecule is CC/N=[SH](=O)\c1cccc(C(=O)Nc2ccc(OCC3CC3)cc2C(=O)Nc2ccc(CCc3ccc(C(=O)O)cc3)cc2)c1. The summed E-state index contributed by atoms with van der Waals surface area (Å²) in [4.78, 5) is 38.3. The average molecular weight is 626 g/mol. The van der Waals surface area contributed by atoms with Crippen LogP contribution in [0.15, 0.2) is 100 Å². The molecule has 0 spiro atoms. The first-order valence-corrected chi connectivity index (χ1v) is 16.1. The molecule has 0 bridgehead atoms. The monoisotopic (exact) mass is 625 g/mol. The smallest absolute Gasteiger partial charge is 0.335 e. The van der Waals surface area contributed by atoms with E-state index in [9.17, 15) is 18.6 Å². The molecule has 1 aliphatic rings. The Balaban J connectivity index is 1.29. The van der Waals surface area contributed by atoms with Crippen molar-refractivity contribution in [2.75, 3.05) is 23.8 Å². The summed E-state index contributed by atoms with van der Waals surface area (Å²) in [5.41, 5.74) is 3.81. The fraction of sp³-hybridized carbons (Fsp3) is 0.229. The number of thiol groups is 1. The van der Waals surface area contributed by atoms with Crippen molar-refractivity contribution in [3.8, 4) is 5.75 Å². The number of carbonyl (C=O) groups is 3. The maximum atomic E-state index is 13.5. The number of rotatable bonds is 13. The third-order valence-corrected chi connectivity index (χ3v) is 8.64. The molecule has 9 nitrogen and oxygen atoms in total. The molecule has 4 aromatic rings. The number of amides is 2. The molecule has 10 heteroatoms. The Labute approximate surface area is 263 Å². The van der Waals surface area contributed by atoms with Gasteiger partial charge in [-0.25, -0.2) is 13.4 Å². The van der Waals surface area contributed by atoms with Crippen LogP contribution in [0.5, 0.6) is 5.75 Å². The molecule has 1 saturated carbocycles. The van der Waals surface area contributed by atoms with E-state index >= 15 is 0 Å². The van der Waals surface area contributed by atoms with Gasteiger partial charge in [-0.05, 0) is 110 Å². The van der Waals surface area contributed by atoms with Crippen molar-refractivity contribution < 1.29 is 28.4 Å². The first-order chi connectivity index (χ1) is 21.8. The molecule has 1 unspecified atom stereocenters. The third-order valence-electron chi connectivity index (χ3n) is 7.38. The molecule has 0 heterocycles. The van der Waals surface area contributed by atoms with Gasteiger partial charge < -0.3 is 20.5 Å². The van der Waals surface area contributed by atoms with E-state index in [0.717, 1.165) is 36.8 Å². The summed E-state index contributed by atoms with van der Waals surface area (Å²) in [6, 6.07) is 25.8. The van der Waals surface area contributed by atoms with Gasteiger partial charge >= 0.3 is 5.97 Å². The number of nitrogens with zero attached hydrogens (tertiary/aromatic N) is 1. The summed E-state index contributed by atoms with van der Waals surface area (Å²) in [5.74, 6) is -0.736. The molecular weight excluding hydrogens is 590 g/mol. The topological polar surface area (TPSA) is 134 Å². The second kappa shape index (κ2) is 14.7. The van der Waals surface area contributed by atoms with Crippen LogP contribution in [0.2, 0.25) is 0 Å². The number of nitrogens with one attached hydrogen (secondary N) is 2. The Kier molecular flexibility index (Phi) is 10.3. The van der Waals surface area contributed by atoms with Crippen molar-refractivity contribution >= 4 is 39.8 Å². The van der Waals surface area contributed by atoms with Crippen LogP contribution in [0.3, 0.4) is 0 Å². The first-order valence-electron chi connectivity index (χ1n) is 14.8. The highest BCUT2D eigenvalue weighted by atomic mass is 32.2.